The summed E-state index contributed by atoms with van der Waals surface area (Å²) in [6.07, 6.45) is 0. The Bertz CT molecular complexity index is 342. The first-order valence-electron chi connectivity index (χ1n) is 4.53. The molecule has 0 aliphatic rings. The molecule has 0 aliphatic carbocycles. The van der Waals surface area contributed by atoms with Crippen molar-refractivity contribution < 1.29 is 14.9 Å². The zero-order chi connectivity index (χ0) is 10.7. The van der Waals surface area contributed by atoms with Gasteiger partial charge in [-0.3, -0.25) is 4.79 Å². The molecule has 0 radical (unpaired) electrons. The maximum absolute atomic E-state index is 11.4. The Morgan fingerprint density at radius 2 is 2.07 bits per heavy atom. The second kappa shape index (κ2) is 4.24. The predicted molar refractivity (Wildman–Crippen MR) is 53.8 cm³/mol. The Kier molecular flexibility index (Phi) is 3.25. The summed E-state index contributed by atoms with van der Waals surface area (Å²) < 4.78 is 0. The van der Waals surface area contributed by atoms with E-state index in [2.05, 4.69) is 4.89 Å². The van der Waals surface area contributed by atoms with Gasteiger partial charge in [-0.25, -0.2) is 5.26 Å². The van der Waals surface area contributed by atoms with Gasteiger partial charge in [0.25, 0.3) is 0 Å². The van der Waals surface area contributed by atoms with Gasteiger partial charge >= 0.3 is 0 Å². The molecular weight excluding hydrogens is 180 g/mol. The third-order valence-corrected chi connectivity index (χ3v) is 2.13. The molecule has 14 heavy (non-hydrogen) atoms. The lowest BCUT2D eigenvalue weighted by Gasteiger charge is -2.12. The van der Waals surface area contributed by atoms with Crippen LogP contribution in [0.25, 0.3) is 0 Å². The van der Waals surface area contributed by atoms with Crippen LogP contribution >= 0.6 is 0 Å². The third-order valence-electron chi connectivity index (χ3n) is 2.13. The molecule has 0 aliphatic heterocycles. The van der Waals surface area contributed by atoms with Crippen molar-refractivity contribution in [1.29, 1.82) is 0 Å². The molecule has 76 valence electrons. The molecule has 0 spiro atoms. The maximum Gasteiger partial charge on any atom is 0.176 e. The lowest BCUT2D eigenvalue weighted by Crippen LogP contribution is -2.04. The smallest absolute Gasteiger partial charge is 0.176 e. The van der Waals surface area contributed by atoms with Crippen molar-refractivity contribution in [3.8, 4) is 5.75 Å². The molecule has 0 fully saturated rings. The molecule has 1 N–H and O–H groups in total. The van der Waals surface area contributed by atoms with Crippen molar-refractivity contribution >= 4 is 5.78 Å². The number of carbonyl (C=O) groups excluding carboxylic acids is 1. The van der Waals surface area contributed by atoms with Crippen molar-refractivity contribution in [1.82, 2.24) is 0 Å². The zero-order valence-electron chi connectivity index (χ0n) is 8.57. The highest BCUT2D eigenvalue weighted by Crippen LogP contribution is 2.27. The summed E-state index contributed by atoms with van der Waals surface area (Å²) in [4.78, 5) is 15.5. The molecule has 0 atom stereocenters. The van der Waals surface area contributed by atoms with E-state index in [1.54, 1.807) is 12.1 Å². The first-order valence-corrected chi connectivity index (χ1v) is 4.53. The summed E-state index contributed by atoms with van der Waals surface area (Å²) in [6.45, 7) is 5.44. The highest BCUT2D eigenvalue weighted by Gasteiger charge is 2.15. The molecule has 0 bridgehead atoms. The van der Waals surface area contributed by atoms with Crippen LogP contribution in [-0.2, 0) is 0 Å². The summed E-state index contributed by atoms with van der Waals surface area (Å²) in [7, 11) is 0. The van der Waals surface area contributed by atoms with E-state index in [1.807, 2.05) is 19.9 Å². The number of hydrogen-bond donors (Lipinski definition) is 1. The van der Waals surface area contributed by atoms with E-state index in [1.165, 1.54) is 6.92 Å². The summed E-state index contributed by atoms with van der Waals surface area (Å²) in [5.41, 5.74) is 1.36. The fraction of sp³-hybridized carbons (Fsp3) is 0.364. The van der Waals surface area contributed by atoms with Crippen LogP contribution in [0.5, 0.6) is 5.75 Å². The Morgan fingerprint density at radius 1 is 1.43 bits per heavy atom. The van der Waals surface area contributed by atoms with Crippen LogP contribution in [-0.4, -0.2) is 11.0 Å². The van der Waals surface area contributed by atoms with Crippen LogP contribution < -0.4 is 4.89 Å². The number of benzene rings is 1. The largest absolute Gasteiger partial charge is 0.339 e. The second-order valence-electron chi connectivity index (χ2n) is 3.52. The minimum Gasteiger partial charge on any atom is -0.339 e. The van der Waals surface area contributed by atoms with Crippen molar-refractivity contribution in [3.63, 3.8) is 0 Å². The maximum atomic E-state index is 11.4. The molecule has 0 unspecified atom stereocenters. The van der Waals surface area contributed by atoms with Gasteiger partial charge in [-0.2, -0.15) is 0 Å². The number of rotatable bonds is 3. The van der Waals surface area contributed by atoms with Gasteiger partial charge in [0.05, 0.1) is 5.56 Å². The van der Waals surface area contributed by atoms with Gasteiger partial charge in [0.2, 0.25) is 0 Å². The van der Waals surface area contributed by atoms with Crippen LogP contribution in [0.2, 0.25) is 0 Å². The van der Waals surface area contributed by atoms with Gasteiger partial charge in [0.1, 0.15) is 0 Å². The molecule has 0 saturated heterocycles. The van der Waals surface area contributed by atoms with Gasteiger partial charge in [-0.05, 0) is 24.5 Å². The first kappa shape index (κ1) is 10.7. The van der Waals surface area contributed by atoms with Gasteiger partial charge in [-0.1, -0.05) is 26.0 Å². The molecule has 0 amide bonds. The van der Waals surface area contributed by atoms with Crippen molar-refractivity contribution in [3.05, 3.63) is 29.3 Å². The SMILES string of the molecule is CC(=O)c1c(OO)cccc1C(C)C. The molecule has 0 heterocycles. The van der Waals surface area contributed by atoms with Gasteiger partial charge in [0, 0.05) is 0 Å². The van der Waals surface area contributed by atoms with Crippen LogP contribution in [0, 0.1) is 0 Å². The Hall–Kier alpha value is -1.35. The quantitative estimate of drug-likeness (QED) is 0.457. The van der Waals surface area contributed by atoms with E-state index in [0.717, 1.165) is 5.56 Å². The number of carbonyl (C=O) groups is 1. The van der Waals surface area contributed by atoms with Crippen molar-refractivity contribution in [2.75, 3.05) is 0 Å². The molecule has 3 heteroatoms. The highest BCUT2D eigenvalue weighted by molar-refractivity contribution is 5.98. The number of Topliss-reactive ketones (excluding diaryl/α,β-unsaturated/α-hetero) is 1. The highest BCUT2D eigenvalue weighted by atomic mass is 17.1. The van der Waals surface area contributed by atoms with E-state index in [9.17, 15) is 4.79 Å². The number of ketones is 1. The summed E-state index contributed by atoms with van der Waals surface area (Å²) in [6, 6.07) is 5.19. The Balaban J connectivity index is 3.35. The summed E-state index contributed by atoms with van der Waals surface area (Å²) in [5.74, 6) is 0.353. The Morgan fingerprint density at radius 3 is 2.50 bits per heavy atom. The van der Waals surface area contributed by atoms with Gasteiger partial charge in [0.15, 0.2) is 11.5 Å². The lowest BCUT2D eigenvalue weighted by atomic mass is 9.94. The van der Waals surface area contributed by atoms with E-state index < -0.39 is 0 Å². The molecule has 1 aromatic rings. The average molecular weight is 194 g/mol. The molecule has 1 aromatic carbocycles. The standard InChI is InChI=1S/C11H14O3/c1-7(2)9-5-4-6-10(14-13)11(9)8(3)12/h4-7,13H,1-3H3. The summed E-state index contributed by atoms with van der Waals surface area (Å²) in [5, 5.41) is 8.62. The normalized spacial score (nSPS) is 10.4. The minimum atomic E-state index is -0.0987. The second-order valence-corrected chi connectivity index (χ2v) is 3.52. The van der Waals surface area contributed by atoms with E-state index in [0.29, 0.717) is 5.56 Å². The molecule has 0 aromatic heterocycles. The molecular formula is C11H14O3. The van der Waals surface area contributed by atoms with Gasteiger partial charge < -0.3 is 4.89 Å². The topological polar surface area (TPSA) is 46.5 Å². The van der Waals surface area contributed by atoms with E-state index in [-0.39, 0.29) is 17.5 Å². The Labute approximate surface area is 83.3 Å². The van der Waals surface area contributed by atoms with Crippen molar-refractivity contribution in [2.24, 2.45) is 0 Å². The molecule has 0 saturated carbocycles. The molecule has 3 nitrogen and oxygen atoms in total. The van der Waals surface area contributed by atoms with Crippen LogP contribution in [0.15, 0.2) is 18.2 Å². The van der Waals surface area contributed by atoms with E-state index in [4.69, 9.17) is 5.26 Å². The first-order chi connectivity index (χ1) is 6.57. The monoisotopic (exact) mass is 194 g/mol. The van der Waals surface area contributed by atoms with Crippen LogP contribution in [0.4, 0.5) is 0 Å². The zero-order valence-corrected chi connectivity index (χ0v) is 8.57. The summed E-state index contributed by atoms with van der Waals surface area (Å²) >= 11 is 0. The molecule has 1 rings (SSSR count). The van der Waals surface area contributed by atoms with E-state index >= 15 is 0 Å². The lowest BCUT2D eigenvalue weighted by molar-refractivity contribution is -0.138. The third kappa shape index (κ3) is 1.93. The van der Waals surface area contributed by atoms with Crippen molar-refractivity contribution in [2.45, 2.75) is 26.7 Å². The average Bonchev–Trinajstić information content (AvgIpc) is 2.16. The van der Waals surface area contributed by atoms with Crippen LogP contribution in [0.3, 0.4) is 0 Å². The van der Waals surface area contributed by atoms with Gasteiger partial charge in [-0.15, -0.1) is 0 Å². The predicted octanol–water partition coefficient (Wildman–Crippen LogP) is 2.86. The fourth-order valence-electron chi connectivity index (χ4n) is 1.48. The fourth-order valence-corrected chi connectivity index (χ4v) is 1.48. The number of hydrogen-bond acceptors (Lipinski definition) is 3. The minimum absolute atomic E-state index is 0.0987. The van der Waals surface area contributed by atoms with Crippen LogP contribution in [0.1, 0.15) is 42.6 Å².